The van der Waals surface area contributed by atoms with Crippen molar-refractivity contribution < 1.29 is 43.2 Å². The Morgan fingerprint density at radius 1 is 0.909 bits per heavy atom. The number of methoxy groups -OCH3 is 1. The lowest BCUT2D eigenvalue weighted by molar-refractivity contribution is -0.150. The minimum absolute atomic E-state index is 0.0704. The molecule has 5 aliphatic rings. The fourth-order valence-corrected chi connectivity index (χ4v) is 13.7. The predicted octanol–water partition coefficient (Wildman–Crippen LogP) is 4.74. The molecule has 13 nitrogen and oxygen atoms in total. The van der Waals surface area contributed by atoms with Crippen LogP contribution in [-0.2, 0) is 35.9 Å². The second-order valence-corrected chi connectivity index (χ2v) is 20.4. The lowest BCUT2D eigenvalue weighted by Crippen LogP contribution is -2.52. The first kappa shape index (κ1) is 37.0. The molecule has 0 radical (unpaired) electrons. The van der Waals surface area contributed by atoms with Crippen molar-refractivity contribution >= 4 is 54.3 Å². The van der Waals surface area contributed by atoms with Gasteiger partial charge in [-0.2, -0.15) is 0 Å². The third kappa shape index (κ3) is 6.14. The summed E-state index contributed by atoms with van der Waals surface area (Å²) in [5.41, 5.74) is 1.87. The summed E-state index contributed by atoms with van der Waals surface area (Å²) in [7, 11) is -0.918. The van der Waals surface area contributed by atoms with Gasteiger partial charge in [-0.05, 0) is 66.4 Å². The molecular formula is C41H48N4O9Si. The van der Waals surface area contributed by atoms with Crippen LogP contribution < -0.4 is 24.6 Å². The van der Waals surface area contributed by atoms with Crippen molar-refractivity contribution in [2.24, 2.45) is 5.92 Å². The first-order valence-corrected chi connectivity index (χ1v) is 22.2. The molecule has 5 atom stereocenters. The van der Waals surface area contributed by atoms with Crippen LogP contribution in [0.2, 0.25) is 18.6 Å². The largest absolute Gasteiger partial charge is 0.497 e. The van der Waals surface area contributed by atoms with Crippen molar-refractivity contribution in [3.05, 3.63) is 77.9 Å². The predicted molar refractivity (Wildman–Crippen MR) is 207 cm³/mol. The van der Waals surface area contributed by atoms with Crippen molar-refractivity contribution in [1.82, 2.24) is 4.90 Å². The Hall–Kier alpha value is -4.92. The van der Waals surface area contributed by atoms with Gasteiger partial charge in [0.25, 0.3) is 5.91 Å². The Balaban J connectivity index is 1.21. The molecule has 0 bridgehead atoms. The number of amides is 4. The zero-order valence-electron chi connectivity index (χ0n) is 31.7. The second-order valence-electron chi connectivity index (χ2n) is 15.7. The summed E-state index contributed by atoms with van der Waals surface area (Å²) in [6, 6.07) is 21.0. The molecule has 0 aromatic heterocycles. The Bertz CT molecular complexity index is 1990. The van der Waals surface area contributed by atoms with Crippen LogP contribution in [0.25, 0.3) is 0 Å². The lowest BCUT2D eigenvalue weighted by atomic mass is 9.82. The first-order valence-electron chi connectivity index (χ1n) is 19.1. The van der Waals surface area contributed by atoms with Crippen molar-refractivity contribution in [3.63, 3.8) is 0 Å². The molecule has 14 heteroatoms. The molecule has 1 spiro atoms. The number of rotatable bonds is 10. The Labute approximate surface area is 321 Å². The van der Waals surface area contributed by atoms with Crippen molar-refractivity contribution in [2.75, 3.05) is 61.3 Å². The quantitative estimate of drug-likeness (QED) is 0.290. The molecular weight excluding hydrogens is 721 g/mol. The van der Waals surface area contributed by atoms with E-state index >= 15 is 4.79 Å². The van der Waals surface area contributed by atoms with E-state index in [2.05, 4.69) is 32.2 Å². The molecule has 290 valence electrons. The molecule has 55 heavy (non-hydrogen) atoms. The van der Waals surface area contributed by atoms with Gasteiger partial charge in [-0.25, -0.2) is 9.59 Å². The maximum Gasteiger partial charge on any atom is 0.414 e. The Kier molecular flexibility index (Phi) is 9.62. The number of likely N-dealkylation sites (tertiary alicyclic amines) is 1. The third-order valence-electron chi connectivity index (χ3n) is 12.5. The molecule has 5 heterocycles. The van der Waals surface area contributed by atoms with Gasteiger partial charge >= 0.3 is 12.2 Å². The number of carbonyl (C=O) groups excluding carboxylic acids is 4. The van der Waals surface area contributed by atoms with E-state index in [1.165, 1.54) is 0 Å². The van der Waals surface area contributed by atoms with Crippen molar-refractivity contribution in [2.45, 2.75) is 69.1 Å². The van der Waals surface area contributed by atoms with Gasteiger partial charge in [-0.1, -0.05) is 49.5 Å². The number of ether oxygens (including phenoxy) is 4. The number of anilines is 3. The summed E-state index contributed by atoms with van der Waals surface area (Å²) in [4.78, 5) is 61.2. The molecule has 3 aromatic rings. The SMILES string of the molecule is COc1ccc([Si](C)(C)[C@@H]2[C@@H](CC(=O)N3CCC[C@H]3CO)O[C@]3(C(=O)N(Cc4ccc(N5CCOC5=O)cc4)c4ccc(N5CCOC5=O)cc43)[C@H]2C)cc1. The van der Waals surface area contributed by atoms with Gasteiger partial charge in [0.15, 0.2) is 5.60 Å². The van der Waals surface area contributed by atoms with Gasteiger partial charge < -0.3 is 33.9 Å². The normalized spacial score (nSPS) is 26.3. The van der Waals surface area contributed by atoms with Crippen LogP contribution in [0.3, 0.4) is 0 Å². The average molecular weight is 769 g/mol. The van der Waals surface area contributed by atoms with Crippen LogP contribution in [0.15, 0.2) is 66.7 Å². The first-order chi connectivity index (χ1) is 26.5. The zero-order valence-corrected chi connectivity index (χ0v) is 32.7. The summed E-state index contributed by atoms with van der Waals surface area (Å²) in [5, 5.41) is 11.2. The summed E-state index contributed by atoms with van der Waals surface area (Å²) in [6.07, 6.45) is 0.197. The molecule has 1 N–H and O–H groups in total. The Morgan fingerprint density at radius 2 is 1.56 bits per heavy atom. The maximum atomic E-state index is 15.4. The van der Waals surface area contributed by atoms with E-state index in [9.17, 15) is 19.5 Å². The molecule has 4 saturated heterocycles. The van der Waals surface area contributed by atoms with E-state index in [4.69, 9.17) is 18.9 Å². The fourth-order valence-electron chi connectivity index (χ4n) is 9.69. The summed E-state index contributed by atoms with van der Waals surface area (Å²) in [6.45, 7) is 8.79. The van der Waals surface area contributed by atoms with Crippen LogP contribution in [0.1, 0.15) is 37.3 Å². The number of carbonyl (C=O) groups is 4. The number of aliphatic hydroxyl groups is 1. The summed E-state index contributed by atoms with van der Waals surface area (Å²) < 4.78 is 23.1. The zero-order chi connectivity index (χ0) is 38.6. The van der Waals surface area contributed by atoms with E-state index in [1.807, 2.05) is 54.6 Å². The van der Waals surface area contributed by atoms with Crippen LogP contribution in [0, 0.1) is 5.92 Å². The van der Waals surface area contributed by atoms with Crippen LogP contribution >= 0.6 is 0 Å². The van der Waals surface area contributed by atoms with E-state index in [0.29, 0.717) is 48.9 Å². The molecule has 4 amide bonds. The summed E-state index contributed by atoms with van der Waals surface area (Å²) in [5.74, 6) is 0.0564. The van der Waals surface area contributed by atoms with Crippen LogP contribution in [-0.4, -0.2) is 101 Å². The highest BCUT2D eigenvalue weighted by Crippen LogP contribution is 2.60. The molecule has 3 aromatic carbocycles. The van der Waals surface area contributed by atoms with Gasteiger partial charge in [-0.3, -0.25) is 19.4 Å². The van der Waals surface area contributed by atoms with Gasteiger partial charge in [0.2, 0.25) is 5.91 Å². The van der Waals surface area contributed by atoms with Gasteiger partial charge in [0, 0.05) is 29.4 Å². The van der Waals surface area contributed by atoms with E-state index in [-0.39, 0.29) is 61.6 Å². The van der Waals surface area contributed by atoms with E-state index < -0.39 is 25.9 Å². The summed E-state index contributed by atoms with van der Waals surface area (Å²) >= 11 is 0. The fraction of sp³-hybridized carbons (Fsp3) is 0.463. The third-order valence-corrected chi connectivity index (χ3v) is 16.9. The van der Waals surface area contributed by atoms with Gasteiger partial charge in [0.1, 0.15) is 19.0 Å². The van der Waals surface area contributed by atoms with Crippen LogP contribution in [0.4, 0.5) is 26.7 Å². The maximum absolute atomic E-state index is 15.4. The number of aliphatic hydroxyl groups excluding tert-OH is 1. The smallest absolute Gasteiger partial charge is 0.414 e. The minimum atomic E-state index is -2.55. The topological polar surface area (TPSA) is 138 Å². The molecule has 4 fully saturated rings. The average Bonchev–Trinajstić information content (AvgIpc) is 4.02. The monoisotopic (exact) mass is 768 g/mol. The number of cyclic esters (lactones) is 2. The van der Waals surface area contributed by atoms with Gasteiger partial charge in [0.05, 0.1) is 65.7 Å². The molecule has 0 aliphatic carbocycles. The number of fused-ring (bicyclic) bond motifs is 2. The second kappa shape index (κ2) is 14.3. The lowest BCUT2D eigenvalue weighted by Gasteiger charge is -2.37. The number of hydrogen-bond acceptors (Lipinski definition) is 9. The number of hydrogen-bond donors (Lipinski definition) is 1. The molecule has 8 rings (SSSR count). The highest BCUT2D eigenvalue weighted by Gasteiger charge is 2.66. The van der Waals surface area contributed by atoms with E-state index in [1.54, 1.807) is 26.7 Å². The highest BCUT2D eigenvalue weighted by atomic mass is 28.3. The molecule has 5 aliphatic heterocycles. The number of benzene rings is 3. The van der Waals surface area contributed by atoms with E-state index in [0.717, 1.165) is 29.3 Å². The number of nitrogens with zero attached hydrogens (tertiary/aromatic N) is 4. The van der Waals surface area contributed by atoms with Crippen LogP contribution in [0.5, 0.6) is 5.75 Å². The van der Waals surface area contributed by atoms with Gasteiger partial charge in [-0.15, -0.1) is 0 Å². The highest BCUT2D eigenvalue weighted by molar-refractivity contribution is 6.91. The standard InChI is InChI=1S/C41H48N4O9Si/c1-26-37(55(3,4)32-14-12-31(51-2)13-15-32)35(23-36(47)42-17-5-6-30(42)25-46)54-41(26)33-22-29(44-19-21-53-40(44)50)11-16-34(33)45(38(41)48)24-27-7-9-28(10-8-27)43-18-20-52-39(43)49/h7-16,22,26,30,35,37,46H,5-6,17-21,23-25H2,1-4H3/t26-,30-,35+,37-,41+/m0/s1. The Morgan fingerprint density at radius 3 is 2.18 bits per heavy atom. The molecule has 0 unspecified atom stereocenters. The van der Waals surface area contributed by atoms with Crippen molar-refractivity contribution in [1.29, 1.82) is 0 Å². The molecule has 0 saturated carbocycles. The van der Waals surface area contributed by atoms with Crippen molar-refractivity contribution in [3.8, 4) is 5.75 Å². The minimum Gasteiger partial charge on any atom is -0.497 e.